The van der Waals surface area contributed by atoms with E-state index in [1.807, 2.05) is 0 Å². The molecule has 0 fully saturated rings. The van der Waals surface area contributed by atoms with Gasteiger partial charge in [-0.15, -0.1) is 11.8 Å². The van der Waals surface area contributed by atoms with Crippen LogP contribution in [0.15, 0.2) is 23.0 Å². The minimum absolute atomic E-state index is 0.708. The molecule has 0 aromatic carbocycles. The van der Waals surface area contributed by atoms with Gasteiger partial charge < -0.3 is 0 Å². The Hall–Kier alpha value is -0.170. The van der Waals surface area contributed by atoms with E-state index in [9.17, 15) is 0 Å². The van der Waals surface area contributed by atoms with Crippen LogP contribution in [-0.4, -0.2) is 0 Å². The Bertz CT molecular complexity index is 145. The highest BCUT2D eigenvalue weighted by molar-refractivity contribution is 8.06. The summed E-state index contributed by atoms with van der Waals surface area (Å²) in [5, 5.41) is 0. The molecule has 0 spiro atoms. The molecule has 0 aliphatic carbocycles. The molecular weight excluding hydrogens is 152 g/mol. The summed E-state index contributed by atoms with van der Waals surface area (Å²) in [6.45, 7) is 14.4. The first kappa shape index (κ1) is 10.8. The highest BCUT2D eigenvalue weighted by Crippen LogP contribution is 2.28. The van der Waals surface area contributed by atoms with E-state index in [-0.39, 0.29) is 0 Å². The minimum Gasteiger partial charge on any atom is -0.100 e. The van der Waals surface area contributed by atoms with E-state index in [2.05, 4.69) is 33.9 Å². The zero-order valence-electron chi connectivity index (χ0n) is 7.81. The molecule has 0 amide bonds. The van der Waals surface area contributed by atoms with E-state index in [4.69, 9.17) is 0 Å². The fraction of sp³-hybridized carbons (Fsp3) is 0.600. The van der Waals surface area contributed by atoms with Gasteiger partial charge in [0, 0.05) is 0 Å². The molecule has 0 saturated carbocycles. The summed E-state index contributed by atoms with van der Waals surface area (Å²) in [7, 11) is 0. The fourth-order valence-electron chi connectivity index (χ4n) is 0.773. The topological polar surface area (TPSA) is 0 Å². The molecule has 0 bridgehead atoms. The number of hydrogen-bond acceptors (Lipinski definition) is 1. The molecule has 1 heteroatoms. The second-order valence-corrected chi connectivity index (χ2v) is 4.49. The molecule has 11 heavy (non-hydrogen) atoms. The molecule has 64 valence electrons. The van der Waals surface area contributed by atoms with Gasteiger partial charge in [0.2, 0.25) is 0 Å². The summed E-state index contributed by atoms with van der Waals surface area (Å²) in [5.41, 5.74) is 0. The van der Waals surface area contributed by atoms with Crippen LogP contribution in [0.25, 0.3) is 0 Å². The van der Waals surface area contributed by atoms with Crippen LogP contribution >= 0.6 is 11.8 Å². The Morgan fingerprint density at radius 2 is 1.82 bits per heavy atom. The van der Waals surface area contributed by atoms with Crippen molar-refractivity contribution in [2.75, 3.05) is 0 Å². The summed E-state index contributed by atoms with van der Waals surface area (Å²) in [4.78, 5) is 2.46. The molecule has 0 aromatic heterocycles. The maximum Gasteiger partial charge on any atom is -0.0175 e. The lowest BCUT2D eigenvalue weighted by Crippen LogP contribution is -1.87. The third-order valence-electron chi connectivity index (χ3n) is 1.32. The quantitative estimate of drug-likeness (QED) is 0.596. The monoisotopic (exact) mass is 170 g/mol. The Labute approximate surface area is 74.8 Å². The first-order valence-electron chi connectivity index (χ1n) is 4.09. The van der Waals surface area contributed by atoms with Crippen LogP contribution in [0.5, 0.6) is 0 Å². The molecule has 0 aromatic rings. The molecule has 0 unspecified atom stereocenters. The predicted molar refractivity (Wildman–Crippen MR) is 55.6 cm³/mol. The number of thioether (sulfide) groups is 1. The van der Waals surface area contributed by atoms with Gasteiger partial charge >= 0.3 is 0 Å². The van der Waals surface area contributed by atoms with Gasteiger partial charge in [0.1, 0.15) is 0 Å². The van der Waals surface area contributed by atoms with E-state index in [1.54, 1.807) is 11.8 Å². The maximum absolute atomic E-state index is 3.98. The van der Waals surface area contributed by atoms with Gasteiger partial charge in [-0.25, -0.2) is 0 Å². The Morgan fingerprint density at radius 3 is 2.18 bits per heavy atom. The van der Waals surface area contributed by atoms with Crippen molar-refractivity contribution >= 4 is 11.8 Å². The van der Waals surface area contributed by atoms with E-state index < -0.39 is 0 Å². The van der Waals surface area contributed by atoms with Crippen LogP contribution in [0, 0.1) is 5.92 Å². The molecule has 0 heterocycles. The van der Waals surface area contributed by atoms with Crippen molar-refractivity contribution in [2.45, 2.75) is 33.6 Å². The lowest BCUT2D eigenvalue weighted by atomic mass is 10.1. The fourth-order valence-corrected chi connectivity index (χ4v) is 1.74. The van der Waals surface area contributed by atoms with Gasteiger partial charge in [-0.05, 0) is 28.6 Å². The van der Waals surface area contributed by atoms with Crippen molar-refractivity contribution in [3.05, 3.63) is 23.0 Å². The van der Waals surface area contributed by atoms with Gasteiger partial charge in [-0.2, -0.15) is 0 Å². The Morgan fingerprint density at radius 1 is 1.27 bits per heavy atom. The average molecular weight is 170 g/mol. The van der Waals surface area contributed by atoms with E-state index in [0.717, 1.165) is 12.8 Å². The molecule has 0 nitrogen and oxygen atoms in total. The van der Waals surface area contributed by atoms with Gasteiger partial charge in [-0.3, -0.25) is 0 Å². The van der Waals surface area contributed by atoms with Crippen LogP contribution in [-0.2, 0) is 0 Å². The molecule has 0 radical (unpaired) electrons. The summed E-state index contributed by atoms with van der Waals surface area (Å²) < 4.78 is 0. The SMILES string of the molecule is C=C(CC)SC(=C)CC(C)C. The standard InChI is InChI=1S/C10H18S/c1-6-9(4)11-10(5)7-8(2)3/h8H,4-7H2,1-3H3. The van der Waals surface area contributed by atoms with Crippen molar-refractivity contribution in [3.8, 4) is 0 Å². The van der Waals surface area contributed by atoms with Crippen LogP contribution in [0.2, 0.25) is 0 Å². The zero-order chi connectivity index (χ0) is 8.85. The van der Waals surface area contributed by atoms with Crippen molar-refractivity contribution in [2.24, 2.45) is 5.92 Å². The maximum atomic E-state index is 3.98. The number of allylic oxidation sites excluding steroid dienone is 2. The summed E-state index contributed by atoms with van der Waals surface area (Å²) in [6, 6.07) is 0. The highest BCUT2D eigenvalue weighted by atomic mass is 32.2. The van der Waals surface area contributed by atoms with Crippen LogP contribution in [0.3, 0.4) is 0 Å². The van der Waals surface area contributed by atoms with Gasteiger partial charge in [0.25, 0.3) is 0 Å². The lowest BCUT2D eigenvalue weighted by molar-refractivity contribution is 0.659. The molecule has 0 rings (SSSR count). The van der Waals surface area contributed by atoms with Crippen molar-refractivity contribution < 1.29 is 0 Å². The first-order valence-corrected chi connectivity index (χ1v) is 4.91. The minimum atomic E-state index is 0.708. The smallest absolute Gasteiger partial charge is 0.0175 e. The summed E-state index contributed by atoms with van der Waals surface area (Å²) in [6.07, 6.45) is 2.14. The summed E-state index contributed by atoms with van der Waals surface area (Å²) in [5.74, 6) is 0.708. The van der Waals surface area contributed by atoms with Crippen LogP contribution in [0.1, 0.15) is 33.6 Å². The predicted octanol–water partition coefficient (Wildman–Crippen LogP) is 4.20. The van der Waals surface area contributed by atoms with Crippen molar-refractivity contribution in [3.63, 3.8) is 0 Å². The second-order valence-electron chi connectivity index (χ2n) is 3.13. The average Bonchev–Trinajstić information content (AvgIpc) is 1.85. The van der Waals surface area contributed by atoms with E-state index in [0.29, 0.717) is 5.92 Å². The summed E-state index contributed by atoms with van der Waals surface area (Å²) >= 11 is 1.74. The van der Waals surface area contributed by atoms with E-state index in [1.165, 1.54) is 9.81 Å². The number of hydrogen-bond donors (Lipinski definition) is 0. The molecular formula is C10H18S. The third-order valence-corrected chi connectivity index (χ3v) is 2.35. The Kier molecular flexibility index (Phi) is 5.39. The van der Waals surface area contributed by atoms with Gasteiger partial charge in [0.15, 0.2) is 0 Å². The highest BCUT2D eigenvalue weighted by Gasteiger charge is 2.00. The normalized spacial score (nSPS) is 10.2. The van der Waals surface area contributed by atoms with Crippen molar-refractivity contribution in [1.29, 1.82) is 0 Å². The Balaban J connectivity index is 3.61. The zero-order valence-corrected chi connectivity index (χ0v) is 8.63. The molecule has 0 atom stereocenters. The van der Waals surface area contributed by atoms with Gasteiger partial charge in [-0.1, -0.05) is 33.9 Å². The molecule has 0 aliphatic heterocycles. The molecule has 0 N–H and O–H groups in total. The van der Waals surface area contributed by atoms with Gasteiger partial charge in [0.05, 0.1) is 0 Å². The lowest BCUT2D eigenvalue weighted by Gasteiger charge is -2.08. The van der Waals surface area contributed by atoms with Crippen molar-refractivity contribution in [1.82, 2.24) is 0 Å². The largest absolute Gasteiger partial charge is 0.100 e. The molecule has 0 saturated heterocycles. The van der Waals surface area contributed by atoms with Crippen LogP contribution < -0.4 is 0 Å². The first-order chi connectivity index (χ1) is 5.06. The number of rotatable bonds is 5. The second kappa shape index (κ2) is 5.48. The molecule has 0 aliphatic rings. The third kappa shape index (κ3) is 6.24. The van der Waals surface area contributed by atoms with Crippen LogP contribution in [0.4, 0.5) is 0 Å². The van der Waals surface area contributed by atoms with E-state index >= 15 is 0 Å².